The van der Waals surface area contributed by atoms with Crippen molar-refractivity contribution in [3.8, 4) is 11.5 Å². The van der Waals surface area contributed by atoms with E-state index in [4.69, 9.17) is 10.3 Å². The van der Waals surface area contributed by atoms with Gasteiger partial charge in [0.25, 0.3) is 0 Å². The monoisotopic (exact) mass is 246 g/mol. The zero-order valence-corrected chi connectivity index (χ0v) is 10.8. The van der Waals surface area contributed by atoms with Crippen LogP contribution in [-0.2, 0) is 0 Å². The summed E-state index contributed by atoms with van der Waals surface area (Å²) in [5.41, 5.74) is 7.63. The van der Waals surface area contributed by atoms with Crippen LogP contribution in [0.4, 0.5) is 0 Å². The third-order valence-electron chi connectivity index (χ3n) is 2.75. The van der Waals surface area contributed by atoms with Crippen LogP contribution in [0, 0.1) is 6.92 Å². The molecule has 0 aromatic carbocycles. The van der Waals surface area contributed by atoms with Gasteiger partial charge in [-0.05, 0) is 25.5 Å². The summed E-state index contributed by atoms with van der Waals surface area (Å²) in [4.78, 5) is 8.66. The molecule has 1 unspecified atom stereocenters. The lowest BCUT2D eigenvalue weighted by atomic mass is 10.1. The van der Waals surface area contributed by atoms with Crippen LogP contribution < -0.4 is 5.73 Å². The highest BCUT2D eigenvalue weighted by Crippen LogP contribution is 2.19. The van der Waals surface area contributed by atoms with Gasteiger partial charge in [0.05, 0.1) is 6.04 Å². The average Bonchev–Trinajstić information content (AvgIpc) is 2.85. The number of aryl methyl sites for hydroxylation is 1. The Morgan fingerprint density at radius 3 is 2.89 bits per heavy atom. The standard InChI is InChI=1S/C13H18N4O/c1-3-4-7-10(14)13-16-12(17-18-13)11-8-5-6-9(2)15-11/h5-6,8,10H,3-4,7,14H2,1-2H3. The summed E-state index contributed by atoms with van der Waals surface area (Å²) in [5, 5.41) is 3.93. The first-order valence-electron chi connectivity index (χ1n) is 6.24. The predicted octanol–water partition coefficient (Wildman–Crippen LogP) is 2.63. The molecule has 5 heteroatoms. The van der Waals surface area contributed by atoms with Crippen LogP contribution in [0.15, 0.2) is 22.7 Å². The molecule has 5 nitrogen and oxygen atoms in total. The highest BCUT2D eigenvalue weighted by Gasteiger charge is 2.15. The molecule has 0 fully saturated rings. The second-order valence-corrected chi connectivity index (χ2v) is 4.37. The van der Waals surface area contributed by atoms with Gasteiger partial charge in [-0.1, -0.05) is 31.0 Å². The molecule has 0 aliphatic heterocycles. The summed E-state index contributed by atoms with van der Waals surface area (Å²) < 4.78 is 5.19. The molecule has 1 atom stereocenters. The van der Waals surface area contributed by atoms with E-state index in [9.17, 15) is 0 Å². The Labute approximate surface area is 106 Å². The summed E-state index contributed by atoms with van der Waals surface area (Å²) in [6.07, 6.45) is 3.02. The van der Waals surface area contributed by atoms with E-state index in [1.807, 2.05) is 25.1 Å². The van der Waals surface area contributed by atoms with E-state index in [2.05, 4.69) is 22.0 Å². The summed E-state index contributed by atoms with van der Waals surface area (Å²) in [6, 6.07) is 5.53. The molecule has 2 N–H and O–H groups in total. The fourth-order valence-electron chi connectivity index (χ4n) is 1.70. The van der Waals surface area contributed by atoms with Crippen molar-refractivity contribution in [2.45, 2.75) is 39.2 Å². The quantitative estimate of drug-likeness (QED) is 0.877. The van der Waals surface area contributed by atoms with Crippen LogP contribution in [0.1, 0.15) is 43.8 Å². The zero-order valence-electron chi connectivity index (χ0n) is 10.8. The summed E-state index contributed by atoms with van der Waals surface area (Å²) >= 11 is 0. The molecule has 0 saturated heterocycles. The van der Waals surface area contributed by atoms with Gasteiger partial charge in [-0.15, -0.1) is 0 Å². The van der Waals surface area contributed by atoms with Crippen LogP contribution in [0.3, 0.4) is 0 Å². The maximum absolute atomic E-state index is 5.99. The van der Waals surface area contributed by atoms with Gasteiger partial charge in [0.15, 0.2) is 0 Å². The minimum absolute atomic E-state index is 0.184. The highest BCUT2D eigenvalue weighted by molar-refractivity contribution is 5.48. The lowest BCUT2D eigenvalue weighted by molar-refractivity contribution is 0.346. The average molecular weight is 246 g/mol. The lowest BCUT2D eigenvalue weighted by Crippen LogP contribution is -2.10. The first-order valence-corrected chi connectivity index (χ1v) is 6.24. The summed E-state index contributed by atoms with van der Waals surface area (Å²) in [6.45, 7) is 4.06. The van der Waals surface area contributed by atoms with Crippen LogP contribution in [-0.4, -0.2) is 15.1 Å². The van der Waals surface area contributed by atoms with Gasteiger partial charge in [0.1, 0.15) is 5.69 Å². The fourth-order valence-corrected chi connectivity index (χ4v) is 1.70. The van der Waals surface area contributed by atoms with Crippen LogP contribution in [0.5, 0.6) is 0 Å². The number of pyridine rings is 1. The molecule has 2 aromatic rings. The Balaban J connectivity index is 2.15. The molecule has 2 heterocycles. The third kappa shape index (κ3) is 2.92. The molecule has 0 amide bonds. The highest BCUT2D eigenvalue weighted by atomic mass is 16.5. The van der Waals surface area contributed by atoms with Crippen molar-refractivity contribution in [3.05, 3.63) is 29.8 Å². The molecular weight excluding hydrogens is 228 g/mol. The number of aromatic nitrogens is 3. The SMILES string of the molecule is CCCCC(N)c1nc(-c2cccc(C)n2)no1. The van der Waals surface area contributed by atoms with Crippen molar-refractivity contribution in [1.82, 2.24) is 15.1 Å². The maximum Gasteiger partial charge on any atom is 0.243 e. The molecular formula is C13H18N4O. The molecule has 18 heavy (non-hydrogen) atoms. The van der Waals surface area contributed by atoms with Crippen molar-refractivity contribution in [2.24, 2.45) is 5.73 Å². The van der Waals surface area contributed by atoms with E-state index < -0.39 is 0 Å². The molecule has 2 aromatic heterocycles. The van der Waals surface area contributed by atoms with E-state index in [0.29, 0.717) is 17.4 Å². The molecule has 0 spiro atoms. The van der Waals surface area contributed by atoms with E-state index in [0.717, 1.165) is 25.0 Å². The van der Waals surface area contributed by atoms with Crippen LogP contribution in [0.25, 0.3) is 11.5 Å². The Morgan fingerprint density at radius 1 is 1.33 bits per heavy atom. The van der Waals surface area contributed by atoms with Crippen molar-refractivity contribution in [1.29, 1.82) is 0 Å². The zero-order chi connectivity index (χ0) is 13.0. The van der Waals surface area contributed by atoms with Gasteiger partial charge in [0, 0.05) is 5.69 Å². The molecule has 0 aliphatic carbocycles. The molecule has 0 radical (unpaired) electrons. The molecule has 0 saturated carbocycles. The maximum atomic E-state index is 5.99. The van der Waals surface area contributed by atoms with Gasteiger partial charge in [-0.25, -0.2) is 4.98 Å². The van der Waals surface area contributed by atoms with E-state index >= 15 is 0 Å². The molecule has 0 aliphatic rings. The number of rotatable bonds is 5. The Bertz CT molecular complexity index is 509. The summed E-state index contributed by atoms with van der Waals surface area (Å²) in [5.74, 6) is 0.988. The third-order valence-corrected chi connectivity index (χ3v) is 2.75. The normalized spacial score (nSPS) is 12.6. The molecule has 0 bridgehead atoms. The van der Waals surface area contributed by atoms with Gasteiger partial charge in [-0.2, -0.15) is 4.98 Å². The van der Waals surface area contributed by atoms with Gasteiger partial charge in [-0.3, -0.25) is 0 Å². The largest absolute Gasteiger partial charge is 0.337 e. The van der Waals surface area contributed by atoms with E-state index in [-0.39, 0.29) is 6.04 Å². The second kappa shape index (κ2) is 5.73. The predicted molar refractivity (Wildman–Crippen MR) is 68.7 cm³/mol. The van der Waals surface area contributed by atoms with Crippen molar-refractivity contribution < 1.29 is 4.52 Å². The first kappa shape index (κ1) is 12.7. The fraction of sp³-hybridized carbons (Fsp3) is 0.462. The van der Waals surface area contributed by atoms with Crippen LogP contribution in [0.2, 0.25) is 0 Å². The van der Waals surface area contributed by atoms with Crippen molar-refractivity contribution in [2.75, 3.05) is 0 Å². The van der Waals surface area contributed by atoms with Crippen molar-refractivity contribution in [3.63, 3.8) is 0 Å². The first-order chi connectivity index (χ1) is 8.70. The minimum Gasteiger partial charge on any atom is -0.337 e. The number of hydrogen-bond acceptors (Lipinski definition) is 5. The topological polar surface area (TPSA) is 77.8 Å². The molecule has 2 rings (SSSR count). The van der Waals surface area contributed by atoms with E-state index in [1.165, 1.54) is 0 Å². The number of nitrogens with two attached hydrogens (primary N) is 1. The Kier molecular flexibility index (Phi) is 4.04. The number of nitrogens with zero attached hydrogens (tertiary/aromatic N) is 3. The lowest BCUT2D eigenvalue weighted by Gasteiger charge is -2.03. The smallest absolute Gasteiger partial charge is 0.243 e. The summed E-state index contributed by atoms with van der Waals surface area (Å²) in [7, 11) is 0. The Hall–Kier alpha value is -1.75. The minimum atomic E-state index is -0.184. The second-order valence-electron chi connectivity index (χ2n) is 4.37. The van der Waals surface area contributed by atoms with Gasteiger partial charge in [0.2, 0.25) is 11.7 Å². The van der Waals surface area contributed by atoms with Crippen LogP contribution >= 0.6 is 0 Å². The number of unbranched alkanes of at least 4 members (excludes halogenated alkanes) is 1. The van der Waals surface area contributed by atoms with Gasteiger partial charge >= 0.3 is 0 Å². The van der Waals surface area contributed by atoms with E-state index in [1.54, 1.807) is 0 Å². The number of hydrogen-bond donors (Lipinski definition) is 1. The van der Waals surface area contributed by atoms with Gasteiger partial charge < -0.3 is 10.3 Å². The molecule has 96 valence electrons. The van der Waals surface area contributed by atoms with Crippen molar-refractivity contribution >= 4 is 0 Å². The Morgan fingerprint density at radius 2 is 2.17 bits per heavy atom.